The number of aromatic nitrogens is 3. The van der Waals surface area contributed by atoms with Crippen molar-refractivity contribution in [2.75, 3.05) is 18.8 Å². The minimum atomic E-state index is 0.261. The van der Waals surface area contributed by atoms with Crippen LogP contribution in [-0.4, -0.2) is 39.0 Å². The van der Waals surface area contributed by atoms with E-state index in [4.69, 9.17) is 28.9 Å². The van der Waals surface area contributed by atoms with Crippen molar-refractivity contribution >= 4 is 40.8 Å². The zero-order valence-corrected chi connectivity index (χ0v) is 17.0. The lowest BCUT2D eigenvalue weighted by molar-refractivity contribution is 0.198. The summed E-state index contributed by atoms with van der Waals surface area (Å²) in [6.07, 6.45) is 8.13. The second kappa shape index (κ2) is 8.24. The molecule has 2 fully saturated rings. The van der Waals surface area contributed by atoms with E-state index in [0.717, 1.165) is 36.9 Å². The topological polar surface area (TPSA) is 67.9 Å². The Morgan fingerprint density at radius 3 is 2.63 bits per heavy atom. The number of rotatable bonds is 3. The molecular formula is C19H19Cl2N5S. The third kappa shape index (κ3) is 4.67. The molecule has 4 rings (SSSR count). The molecule has 5 nitrogen and oxygen atoms in total. The van der Waals surface area contributed by atoms with Crippen LogP contribution < -0.4 is 5.73 Å². The summed E-state index contributed by atoms with van der Waals surface area (Å²) in [7, 11) is 0. The Kier molecular flexibility index (Phi) is 5.74. The van der Waals surface area contributed by atoms with Gasteiger partial charge in [0.25, 0.3) is 0 Å². The van der Waals surface area contributed by atoms with Gasteiger partial charge < -0.3 is 10.6 Å². The Balaban J connectivity index is 1.46. The maximum absolute atomic E-state index is 6.52. The summed E-state index contributed by atoms with van der Waals surface area (Å²) in [5.41, 5.74) is 6.47. The standard InChI is InChI=1S/C19H19Cl2N5S/c20-16-11-24-19(18(22)25-16)27-15-5-8-23-14(17(15)21)4-1-12-6-9-26(10-7-12)13-2-3-13/h5,8,11-13H,2-3,6-7,9-10H2,(H2,22,25). The average molecular weight is 420 g/mol. The van der Waals surface area contributed by atoms with Crippen LogP contribution in [0.25, 0.3) is 0 Å². The Morgan fingerprint density at radius 1 is 1.15 bits per heavy atom. The van der Waals surface area contributed by atoms with Crippen LogP contribution in [0.2, 0.25) is 10.2 Å². The highest BCUT2D eigenvalue weighted by Gasteiger charge is 2.31. The molecule has 2 aromatic heterocycles. The highest BCUT2D eigenvalue weighted by molar-refractivity contribution is 7.99. The Morgan fingerprint density at radius 2 is 1.93 bits per heavy atom. The average Bonchev–Trinajstić information content (AvgIpc) is 3.50. The fourth-order valence-corrected chi connectivity index (χ4v) is 4.36. The monoisotopic (exact) mass is 419 g/mol. The lowest BCUT2D eigenvalue weighted by Crippen LogP contribution is -2.34. The predicted octanol–water partition coefficient (Wildman–Crippen LogP) is 4.14. The molecule has 0 radical (unpaired) electrons. The van der Waals surface area contributed by atoms with E-state index >= 15 is 0 Å². The van der Waals surface area contributed by atoms with Crippen LogP contribution in [0.15, 0.2) is 28.4 Å². The van der Waals surface area contributed by atoms with E-state index in [9.17, 15) is 0 Å². The fourth-order valence-electron chi connectivity index (χ4n) is 3.16. The zero-order valence-electron chi connectivity index (χ0n) is 14.7. The number of hydrogen-bond donors (Lipinski definition) is 1. The third-order valence-electron chi connectivity index (χ3n) is 4.78. The second-order valence-electron chi connectivity index (χ2n) is 6.77. The van der Waals surface area contributed by atoms with Crippen molar-refractivity contribution in [1.82, 2.24) is 19.9 Å². The summed E-state index contributed by atoms with van der Waals surface area (Å²) in [6, 6.07) is 2.66. The van der Waals surface area contributed by atoms with Crippen molar-refractivity contribution in [1.29, 1.82) is 0 Å². The molecule has 1 saturated heterocycles. The van der Waals surface area contributed by atoms with E-state index in [1.807, 2.05) is 6.07 Å². The molecule has 0 amide bonds. The van der Waals surface area contributed by atoms with Crippen LogP contribution in [-0.2, 0) is 0 Å². The van der Waals surface area contributed by atoms with Gasteiger partial charge >= 0.3 is 0 Å². The van der Waals surface area contributed by atoms with Crippen molar-refractivity contribution in [3.63, 3.8) is 0 Å². The number of likely N-dealkylation sites (tertiary alicyclic amines) is 1. The van der Waals surface area contributed by atoms with Crippen LogP contribution in [0.3, 0.4) is 0 Å². The third-order valence-corrected chi connectivity index (χ3v) is 6.53. The van der Waals surface area contributed by atoms with Gasteiger partial charge in [-0.15, -0.1) is 0 Å². The summed E-state index contributed by atoms with van der Waals surface area (Å²) in [6.45, 7) is 2.30. The molecule has 1 saturated carbocycles. The van der Waals surface area contributed by atoms with E-state index in [1.165, 1.54) is 30.8 Å². The molecule has 27 heavy (non-hydrogen) atoms. The maximum atomic E-state index is 6.52. The lowest BCUT2D eigenvalue weighted by Gasteiger charge is -2.29. The number of halogens is 2. The van der Waals surface area contributed by atoms with E-state index in [0.29, 0.717) is 21.7 Å². The fraction of sp³-hybridized carbons (Fsp3) is 0.421. The van der Waals surface area contributed by atoms with E-state index in [-0.39, 0.29) is 11.0 Å². The van der Waals surface area contributed by atoms with Gasteiger partial charge in [-0.3, -0.25) is 0 Å². The van der Waals surface area contributed by atoms with Gasteiger partial charge in [0.05, 0.1) is 11.2 Å². The number of nitrogens with two attached hydrogens (primary N) is 1. The first-order valence-electron chi connectivity index (χ1n) is 8.96. The van der Waals surface area contributed by atoms with Crippen molar-refractivity contribution < 1.29 is 0 Å². The summed E-state index contributed by atoms with van der Waals surface area (Å²) >= 11 is 13.7. The molecule has 0 unspecified atom stereocenters. The van der Waals surface area contributed by atoms with Crippen LogP contribution >= 0.6 is 35.0 Å². The summed E-state index contributed by atoms with van der Waals surface area (Å²) in [4.78, 5) is 16.0. The maximum Gasteiger partial charge on any atom is 0.158 e. The van der Waals surface area contributed by atoms with Crippen LogP contribution in [0, 0.1) is 17.8 Å². The molecule has 0 spiro atoms. The van der Waals surface area contributed by atoms with Gasteiger partial charge in [-0.05, 0) is 50.8 Å². The van der Waals surface area contributed by atoms with Gasteiger partial charge in [-0.25, -0.2) is 15.0 Å². The molecule has 0 aromatic carbocycles. The number of piperidine rings is 1. The van der Waals surface area contributed by atoms with Gasteiger partial charge in [0, 0.05) is 23.1 Å². The van der Waals surface area contributed by atoms with E-state index in [2.05, 4.69) is 31.7 Å². The van der Waals surface area contributed by atoms with Gasteiger partial charge in [0.15, 0.2) is 5.82 Å². The predicted molar refractivity (Wildman–Crippen MR) is 109 cm³/mol. The summed E-state index contributed by atoms with van der Waals surface area (Å²) < 4.78 is 0. The number of hydrogen-bond acceptors (Lipinski definition) is 6. The molecular weight excluding hydrogens is 401 g/mol. The van der Waals surface area contributed by atoms with Crippen molar-refractivity contribution in [2.24, 2.45) is 5.92 Å². The number of nitrogens with zero attached hydrogens (tertiary/aromatic N) is 4. The Labute approximate surface area is 173 Å². The zero-order chi connectivity index (χ0) is 18.8. The second-order valence-corrected chi connectivity index (χ2v) is 8.56. The molecule has 8 heteroatoms. The molecule has 2 aliphatic rings. The van der Waals surface area contributed by atoms with Gasteiger partial charge in [0.2, 0.25) is 0 Å². The normalized spacial score (nSPS) is 18.1. The number of nitrogen functional groups attached to an aromatic ring is 1. The van der Waals surface area contributed by atoms with E-state index < -0.39 is 0 Å². The molecule has 0 atom stereocenters. The van der Waals surface area contributed by atoms with Crippen LogP contribution in [0.4, 0.5) is 5.82 Å². The Bertz CT molecular complexity index is 899. The van der Waals surface area contributed by atoms with Crippen molar-refractivity contribution in [3.05, 3.63) is 34.3 Å². The first-order valence-corrected chi connectivity index (χ1v) is 10.5. The van der Waals surface area contributed by atoms with Gasteiger partial charge in [0.1, 0.15) is 15.9 Å². The molecule has 140 valence electrons. The minimum absolute atomic E-state index is 0.261. The lowest BCUT2D eigenvalue weighted by atomic mass is 9.97. The van der Waals surface area contributed by atoms with E-state index in [1.54, 1.807) is 6.20 Å². The number of anilines is 1. The Hall–Kier alpha value is -1.52. The highest BCUT2D eigenvalue weighted by Crippen LogP contribution is 2.35. The molecule has 2 aromatic rings. The van der Waals surface area contributed by atoms with Crippen molar-refractivity contribution in [2.45, 2.75) is 41.6 Å². The molecule has 0 bridgehead atoms. The molecule has 1 aliphatic heterocycles. The first-order chi connectivity index (χ1) is 13.1. The largest absolute Gasteiger partial charge is 0.381 e. The first kappa shape index (κ1) is 18.8. The number of pyridine rings is 1. The summed E-state index contributed by atoms with van der Waals surface area (Å²) in [5, 5.41) is 1.33. The summed E-state index contributed by atoms with van der Waals surface area (Å²) in [5.74, 6) is 7.23. The molecule has 2 N–H and O–H groups in total. The molecule has 1 aliphatic carbocycles. The van der Waals surface area contributed by atoms with Crippen molar-refractivity contribution in [3.8, 4) is 11.8 Å². The quantitative estimate of drug-likeness (QED) is 0.753. The highest BCUT2D eigenvalue weighted by atomic mass is 35.5. The van der Waals surface area contributed by atoms with Crippen LogP contribution in [0.5, 0.6) is 0 Å². The smallest absolute Gasteiger partial charge is 0.158 e. The van der Waals surface area contributed by atoms with Crippen LogP contribution in [0.1, 0.15) is 31.4 Å². The minimum Gasteiger partial charge on any atom is -0.381 e. The van der Waals surface area contributed by atoms with Gasteiger partial charge in [-0.2, -0.15) is 0 Å². The van der Waals surface area contributed by atoms with Gasteiger partial charge in [-0.1, -0.05) is 40.9 Å². The SMILES string of the molecule is Nc1nc(Cl)cnc1Sc1ccnc(C#CC2CCN(C3CC3)CC2)c1Cl. The molecule has 3 heterocycles.